The van der Waals surface area contributed by atoms with Gasteiger partial charge in [-0.05, 0) is 31.7 Å². The number of nitrogens with zero attached hydrogens (tertiary/aromatic N) is 1. The van der Waals surface area contributed by atoms with E-state index < -0.39 is 0 Å². The maximum atomic E-state index is 11.1. The Morgan fingerprint density at radius 3 is 2.67 bits per heavy atom. The van der Waals surface area contributed by atoms with Gasteiger partial charge in [-0.1, -0.05) is 34.1 Å². The molecule has 0 amide bonds. The molecule has 0 atom stereocenters. The lowest BCUT2D eigenvalue weighted by Gasteiger charge is -2.14. The molecule has 0 aliphatic carbocycles. The standard InChI is InChI=1S/C14H18BrNO2/c1-3-18-14(17)5-4-10-16(2)11-12-6-8-13(15)9-7-12/h4-9H,3,10-11H2,1-2H3/b5-4+. The molecule has 0 N–H and O–H groups in total. The van der Waals surface area contributed by atoms with Gasteiger partial charge in [0, 0.05) is 23.6 Å². The fourth-order valence-corrected chi connectivity index (χ4v) is 1.75. The fraction of sp³-hybridized carbons (Fsp3) is 0.357. The van der Waals surface area contributed by atoms with Crippen LogP contribution in [0, 0.1) is 0 Å². The van der Waals surface area contributed by atoms with Crippen LogP contribution in [0.1, 0.15) is 12.5 Å². The highest BCUT2D eigenvalue weighted by Gasteiger charge is 1.99. The summed E-state index contributed by atoms with van der Waals surface area (Å²) < 4.78 is 5.89. The van der Waals surface area contributed by atoms with Crippen LogP contribution >= 0.6 is 15.9 Å². The van der Waals surface area contributed by atoms with Gasteiger partial charge in [-0.2, -0.15) is 0 Å². The van der Waals surface area contributed by atoms with Gasteiger partial charge in [0.25, 0.3) is 0 Å². The first-order valence-electron chi connectivity index (χ1n) is 5.88. The number of rotatable bonds is 6. The largest absolute Gasteiger partial charge is 0.463 e. The monoisotopic (exact) mass is 311 g/mol. The van der Waals surface area contributed by atoms with Crippen molar-refractivity contribution in [3.05, 3.63) is 46.5 Å². The molecule has 4 heteroatoms. The summed E-state index contributed by atoms with van der Waals surface area (Å²) in [7, 11) is 2.01. The number of hydrogen-bond acceptors (Lipinski definition) is 3. The number of carbonyl (C=O) groups excluding carboxylic acids is 1. The SMILES string of the molecule is CCOC(=O)/C=C/CN(C)Cc1ccc(Br)cc1. The number of carbonyl (C=O) groups is 1. The van der Waals surface area contributed by atoms with Crippen molar-refractivity contribution in [2.75, 3.05) is 20.2 Å². The van der Waals surface area contributed by atoms with E-state index in [-0.39, 0.29) is 5.97 Å². The molecule has 0 bridgehead atoms. The second-order valence-electron chi connectivity index (χ2n) is 3.98. The molecule has 1 aromatic rings. The van der Waals surface area contributed by atoms with Crippen molar-refractivity contribution in [3.63, 3.8) is 0 Å². The van der Waals surface area contributed by atoms with Crippen LogP contribution in [0.4, 0.5) is 0 Å². The van der Waals surface area contributed by atoms with Crippen molar-refractivity contribution in [3.8, 4) is 0 Å². The van der Waals surface area contributed by atoms with Gasteiger partial charge in [0.2, 0.25) is 0 Å². The van der Waals surface area contributed by atoms with E-state index in [4.69, 9.17) is 4.74 Å². The van der Waals surface area contributed by atoms with Crippen molar-refractivity contribution >= 4 is 21.9 Å². The molecule has 18 heavy (non-hydrogen) atoms. The lowest BCUT2D eigenvalue weighted by molar-refractivity contribution is -0.137. The minimum absolute atomic E-state index is 0.283. The molecule has 0 aromatic heterocycles. The van der Waals surface area contributed by atoms with Gasteiger partial charge in [0.1, 0.15) is 0 Å². The van der Waals surface area contributed by atoms with E-state index in [1.165, 1.54) is 11.6 Å². The molecule has 0 radical (unpaired) electrons. The van der Waals surface area contributed by atoms with Gasteiger partial charge in [-0.15, -0.1) is 0 Å². The predicted molar refractivity (Wildman–Crippen MR) is 76.2 cm³/mol. The van der Waals surface area contributed by atoms with E-state index >= 15 is 0 Å². The highest BCUT2D eigenvalue weighted by atomic mass is 79.9. The van der Waals surface area contributed by atoms with Crippen LogP contribution in [0.5, 0.6) is 0 Å². The van der Waals surface area contributed by atoms with E-state index in [0.717, 1.165) is 17.6 Å². The Morgan fingerprint density at radius 2 is 2.06 bits per heavy atom. The number of likely N-dealkylation sites (N-methyl/N-ethyl adjacent to an activating group) is 1. The molecule has 98 valence electrons. The molecule has 0 aliphatic heterocycles. The Morgan fingerprint density at radius 1 is 1.39 bits per heavy atom. The summed E-state index contributed by atoms with van der Waals surface area (Å²) in [5.41, 5.74) is 1.24. The van der Waals surface area contributed by atoms with E-state index in [1.54, 1.807) is 6.92 Å². The van der Waals surface area contributed by atoms with Crippen LogP contribution in [0.2, 0.25) is 0 Å². The second kappa shape index (κ2) is 8.06. The van der Waals surface area contributed by atoms with Gasteiger partial charge in [0.15, 0.2) is 0 Å². The molecule has 0 heterocycles. The Balaban J connectivity index is 2.35. The minimum atomic E-state index is -0.283. The zero-order valence-electron chi connectivity index (χ0n) is 10.7. The molecule has 0 unspecified atom stereocenters. The van der Waals surface area contributed by atoms with Gasteiger partial charge < -0.3 is 4.74 Å². The lowest BCUT2D eigenvalue weighted by atomic mass is 10.2. The lowest BCUT2D eigenvalue weighted by Crippen LogP contribution is -2.17. The van der Waals surface area contributed by atoms with Crippen LogP contribution in [-0.4, -0.2) is 31.1 Å². The van der Waals surface area contributed by atoms with Crippen molar-refractivity contribution < 1.29 is 9.53 Å². The van der Waals surface area contributed by atoms with Crippen molar-refractivity contribution in [1.82, 2.24) is 4.90 Å². The van der Waals surface area contributed by atoms with Gasteiger partial charge in [-0.25, -0.2) is 4.79 Å². The first kappa shape index (κ1) is 14.9. The average molecular weight is 312 g/mol. The third kappa shape index (κ3) is 5.98. The number of ether oxygens (including phenoxy) is 1. The average Bonchev–Trinajstić information content (AvgIpc) is 2.32. The number of esters is 1. The smallest absolute Gasteiger partial charge is 0.330 e. The number of hydrogen-bond donors (Lipinski definition) is 0. The Bertz CT molecular complexity index is 401. The van der Waals surface area contributed by atoms with E-state index in [9.17, 15) is 4.79 Å². The van der Waals surface area contributed by atoms with E-state index in [2.05, 4.69) is 33.0 Å². The van der Waals surface area contributed by atoms with Crippen molar-refractivity contribution in [2.24, 2.45) is 0 Å². The molecule has 0 fully saturated rings. The maximum Gasteiger partial charge on any atom is 0.330 e. The Hall–Kier alpha value is -1.13. The van der Waals surface area contributed by atoms with Gasteiger partial charge in [-0.3, -0.25) is 4.90 Å². The Kier molecular flexibility index (Phi) is 6.68. The third-order valence-corrected chi connectivity index (χ3v) is 2.85. The topological polar surface area (TPSA) is 29.5 Å². The molecule has 1 rings (SSSR count). The zero-order valence-corrected chi connectivity index (χ0v) is 12.3. The summed E-state index contributed by atoms with van der Waals surface area (Å²) in [6.45, 7) is 3.78. The molecule has 0 saturated carbocycles. The minimum Gasteiger partial charge on any atom is -0.463 e. The number of halogens is 1. The zero-order chi connectivity index (χ0) is 13.4. The van der Waals surface area contributed by atoms with Crippen molar-refractivity contribution in [1.29, 1.82) is 0 Å². The molecule has 1 aromatic carbocycles. The van der Waals surface area contributed by atoms with Crippen LogP contribution in [-0.2, 0) is 16.1 Å². The summed E-state index contributed by atoms with van der Waals surface area (Å²) in [6, 6.07) is 8.21. The van der Waals surface area contributed by atoms with E-state index in [0.29, 0.717) is 6.61 Å². The molecule has 0 spiro atoms. The van der Waals surface area contributed by atoms with Crippen LogP contribution in [0.3, 0.4) is 0 Å². The van der Waals surface area contributed by atoms with Crippen LogP contribution in [0.15, 0.2) is 40.9 Å². The molecular weight excluding hydrogens is 294 g/mol. The predicted octanol–water partition coefficient (Wildman–Crippen LogP) is 3.00. The number of benzene rings is 1. The second-order valence-corrected chi connectivity index (χ2v) is 4.89. The summed E-state index contributed by atoms with van der Waals surface area (Å²) >= 11 is 3.41. The quantitative estimate of drug-likeness (QED) is 0.597. The summed E-state index contributed by atoms with van der Waals surface area (Å²) in [5, 5.41) is 0. The third-order valence-electron chi connectivity index (χ3n) is 2.32. The first-order chi connectivity index (χ1) is 8.61. The maximum absolute atomic E-state index is 11.1. The van der Waals surface area contributed by atoms with E-state index in [1.807, 2.05) is 25.3 Å². The summed E-state index contributed by atoms with van der Waals surface area (Å²) in [5.74, 6) is -0.283. The first-order valence-corrected chi connectivity index (χ1v) is 6.67. The molecule has 0 saturated heterocycles. The molecular formula is C14H18BrNO2. The Labute approximate surface area is 117 Å². The van der Waals surface area contributed by atoms with Crippen LogP contribution < -0.4 is 0 Å². The summed E-state index contributed by atoms with van der Waals surface area (Å²) in [4.78, 5) is 13.2. The normalized spacial score (nSPS) is 11.1. The van der Waals surface area contributed by atoms with Gasteiger partial charge >= 0.3 is 5.97 Å². The fourth-order valence-electron chi connectivity index (χ4n) is 1.49. The van der Waals surface area contributed by atoms with Gasteiger partial charge in [0.05, 0.1) is 6.61 Å². The highest BCUT2D eigenvalue weighted by molar-refractivity contribution is 9.10. The van der Waals surface area contributed by atoms with Crippen LogP contribution in [0.25, 0.3) is 0 Å². The summed E-state index contributed by atoms with van der Waals surface area (Å²) in [6.07, 6.45) is 3.29. The van der Waals surface area contributed by atoms with Crippen molar-refractivity contribution in [2.45, 2.75) is 13.5 Å². The highest BCUT2D eigenvalue weighted by Crippen LogP contribution is 2.11. The molecule has 0 aliphatic rings. The molecule has 3 nitrogen and oxygen atoms in total.